The topological polar surface area (TPSA) is 119 Å². The van der Waals surface area contributed by atoms with Crippen LogP contribution in [0.3, 0.4) is 0 Å². The van der Waals surface area contributed by atoms with Gasteiger partial charge in [-0.15, -0.1) is 6.58 Å². The highest BCUT2D eigenvalue weighted by Crippen LogP contribution is 2.62. The molecular formula is C53H66N2O8. The lowest BCUT2D eigenvalue weighted by molar-refractivity contribution is -0.257. The highest BCUT2D eigenvalue weighted by Gasteiger charge is 2.65. The van der Waals surface area contributed by atoms with E-state index in [1.54, 1.807) is 13.2 Å². The number of allylic oxidation sites excluding steroid dienone is 1. The molecule has 2 N–H and O–H groups in total. The van der Waals surface area contributed by atoms with Crippen molar-refractivity contribution in [2.75, 3.05) is 33.5 Å². The van der Waals surface area contributed by atoms with Crippen molar-refractivity contribution in [1.82, 2.24) is 4.90 Å². The number of amides is 1. The van der Waals surface area contributed by atoms with Gasteiger partial charge < -0.3 is 38.9 Å². The van der Waals surface area contributed by atoms with E-state index in [2.05, 4.69) is 49.9 Å². The second-order valence-electron chi connectivity index (χ2n) is 18.2. The number of carbonyl (C=O) groups is 1. The number of methoxy groups -OCH3 is 1. The molecule has 1 aliphatic heterocycles. The predicted molar refractivity (Wildman–Crippen MR) is 249 cm³/mol. The third-order valence-corrected chi connectivity index (χ3v) is 12.7. The molecule has 0 aromatic heterocycles. The Kier molecular flexibility index (Phi) is 15.0. The van der Waals surface area contributed by atoms with Crippen LogP contribution in [0.5, 0.6) is 23.0 Å². The molecule has 1 fully saturated rings. The fraction of sp³-hybridized carbons (Fsp3) is 0.472. The number of benzene rings is 4. The third-order valence-electron chi connectivity index (χ3n) is 12.7. The minimum absolute atomic E-state index is 0.0533. The van der Waals surface area contributed by atoms with E-state index < -0.39 is 23.3 Å². The van der Waals surface area contributed by atoms with Crippen LogP contribution >= 0.6 is 0 Å². The number of aliphatic hydroxyl groups excluding tert-OH is 2. The van der Waals surface area contributed by atoms with Crippen molar-refractivity contribution in [1.29, 1.82) is 0 Å². The molecule has 0 saturated heterocycles. The van der Waals surface area contributed by atoms with Gasteiger partial charge in [0.2, 0.25) is 11.7 Å². The summed E-state index contributed by atoms with van der Waals surface area (Å²) in [5.41, 5.74) is 3.05. The van der Waals surface area contributed by atoms with Gasteiger partial charge in [-0.05, 0) is 129 Å². The summed E-state index contributed by atoms with van der Waals surface area (Å²) in [6, 6.07) is 27.5. The summed E-state index contributed by atoms with van der Waals surface area (Å²) in [5.74, 6) is 1.01. The van der Waals surface area contributed by atoms with Gasteiger partial charge in [0.25, 0.3) is 0 Å². The molecule has 2 aliphatic carbocycles. The summed E-state index contributed by atoms with van der Waals surface area (Å²) in [4.78, 5) is 23.2. The van der Waals surface area contributed by atoms with Crippen molar-refractivity contribution in [2.24, 2.45) is 22.9 Å². The fourth-order valence-corrected chi connectivity index (χ4v) is 10.0. The van der Waals surface area contributed by atoms with Gasteiger partial charge >= 0.3 is 0 Å². The molecule has 4 aromatic rings. The van der Waals surface area contributed by atoms with Crippen LogP contribution in [-0.4, -0.2) is 77.6 Å². The molecule has 3 aliphatic rings. The van der Waals surface area contributed by atoms with Gasteiger partial charge in [0.1, 0.15) is 34.6 Å². The summed E-state index contributed by atoms with van der Waals surface area (Å²) in [6.45, 7) is 13.0. The first-order valence-corrected chi connectivity index (χ1v) is 22.9. The predicted octanol–water partition coefficient (Wildman–Crippen LogP) is 10.6. The molecule has 0 spiro atoms. The molecule has 336 valence electrons. The van der Waals surface area contributed by atoms with E-state index in [-0.39, 0.29) is 49.9 Å². The number of oxime groups is 1. The van der Waals surface area contributed by atoms with Crippen molar-refractivity contribution in [3.63, 3.8) is 0 Å². The quantitative estimate of drug-likeness (QED) is 0.0512. The van der Waals surface area contributed by atoms with Gasteiger partial charge in [-0.2, -0.15) is 0 Å². The Bertz CT molecular complexity index is 2260. The molecule has 6 unspecified atom stereocenters. The van der Waals surface area contributed by atoms with Crippen molar-refractivity contribution in [2.45, 2.75) is 109 Å². The number of aliphatic hydroxyl groups is 2. The van der Waals surface area contributed by atoms with E-state index in [0.29, 0.717) is 49.5 Å². The number of carbonyl (C=O) groups excluding carboxylic acids is 1. The normalized spacial score (nSPS) is 23.3. The van der Waals surface area contributed by atoms with Crippen LogP contribution in [0, 0.1) is 17.8 Å². The summed E-state index contributed by atoms with van der Waals surface area (Å²) >= 11 is 0. The van der Waals surface area contributed by atoms with Gasteiger partial charge in [-0.3, -0.25) is 4.79 Å². The number of hydrogen-bond donors (Lipinski definition) is 2. The van der Waals surface area contributed by atoms with Gasteiger partial charge in [0.05, 0.1) is 31.8 Å². The SMILES string of the molecule is C=CCOC12Oc3ccc(Oc4ccc5ccccc5c4)cc3C3C(CCCCO)C(CCCCO)C=C(C(=NOC(C)(C)C)CC1N(CCC)C(=O)Cc1cccc(OC)c1)C32. The molecule has 4 aromatic carbocycles. The number of fused-ring (bicyclic) bond motifs is 3. The number of unbranched alkanes of at least 4 members (excludes halogenated alkanes) is 2. The Balaban J connectivity index is 1.43. The van der Waals surface area contributed by atoms with Crippen LogP contribution in [0.25, 0.3) is 10.8 Å². The summed E-state index contributed by atoms with van der Waals surface area (Å²) in [7, 11) is 1.63. The van der Waals surface area contributed by atoms with E-state index in [1.807, 2.05) is 80.3 Å². The molecular weight excluding hydrogens is 793 g/mol. The lowest BCUT2D eigenvalue weighted by Gasteiger charge is -2.60. The molecule has 1 saturated carbocycles. The van der Waals surface area contributed by atoms with Crippen LogP contribution in [0.15, 0.2) is 114 Å². The fourth-order valence-electron chi connectivity index (χ4n) is 10.0. The minimum Gasteiger partial charge on any atom is -0.497 e. The highest BCUT2D eigenvalue weighted by molar-refractivity contribution is 6.03. The van der Waals surface area contributed by atoms with E-state index in [1.165, 1.54) is 0 Å². The average molecular weight is 859 g/mol. The van der Waals surface area contributed by atoms with Crippen molar-refractivity contribution in [3.8, 4) is 23.0 Å². The van der Waals surface area contributed by atoms with Crippen molar-refractivity contribution >= 4 is 22.4 Å². The largest absolute Gasteiger partial charge is 0.497 e. The van der Waals surface area contributed by atoms with Gasteiger partial charge in [0.15, 0.2) is 0 Å². The van der Waals surface area contributed by atoms with E-state index in [9.17, 15) is 15.0 Å². The zero-order valence-electron chi connectivity index (χ0n) is 37.8. The molecule has 0 radical (unpaired) electrons. The molecule has 10 nitrogen and oxygen atoms in total. The van der Waals surface area contributed by atoms with Crippen LogP contribution in [0.1, 0.15) is 96.1 Å². The Morgan fingerprint density at radius 3 is 2.40 bits per heavy atom. The first-order valence-electron chi connectivity index (χ1n) is 22.9. The highest BCUT2D eigenvalue weighted by atomic mass is 16.7. The molecule has 10 heteroatoms. The molecule has 1 heterocycles. The van der Waals surface area contributed by atoms with E-state index >= 15 is 0 Å². The second kappa shape index (κ2) is 20.6. The number of nitrogens with zero attached hydrogens (tertiary/aromatic N) is 2. The van der Waals surface area contributed by atoms with Gasteiger partial charge in [0, 0.05) is 37.7 Å². The average Bonchev–Trinajstić information content (AvgIpc) is 3.28. The maximum Gasteiger partial charge on any atom is 0.239 e. The zero-order chi connectivity index (χ0) is 44.6. The molecule has 1 amide bonds. The van der Waals surface area contributed by atoms with Crippen molar-refractivity contribution < 1.29 is 38.8 Å². The van der Waals surface area contributed by atoms with Crippen LogP contribution in [-0.2, 0) is 20.8 Å². The van der Waals surface area contributed by atoms with E-state index in [0.717, 1.165) is 64.6 Å². The summed E-state index contributed by atoms with van der Waals surface area (Å²) < 4.78 is 26.8. The molecule has 6 atom stereocenters. The molecule has 0 bridgehead atoms. The van der Waals surface area contributed by atoms with Crippen LogP contribution < -0.4 is 14.2 Å². The van der Waals surface area contributed by atoms with Crippen LogP contribution in [0.4, 0.5) is 0 Å². The summed E-state index contributed by atoms with van der Waals surface area (Å²) in [6.07, 6.45) is 10.1. The van der Waals surface area contributed by atoms with E-state index in [4.69, 9.17) is 28.9 Å². The lowest BCUT2D eigenvalue weighted by atomic mass is 9.55. The lowest BCUT2D eigenvalue weighted by Crippen LogP contribution is -2.70. The first-order chi connectivity index (χ1) is 30.5. The monoisotopic (exact) mass is 858 g/mol. The minimum atomic E-state index is -1.34. The zero-order valence-corrected chi connectivity index (χ0v) is 37.8. The first kappa shape index (κ1) is 45.9. The van der Waals surface area contributed by atoms with Crippen LogP contribution in [0.2, 0.25) is 0 Å². The summed E-state index contributed by atoms with van der Waals surface area (Å²) in [5, 5.41) is 27.2. The maximum absolute atomic E-state index is 15.0. The Morgan fingerprint density at radius 2 is 1.67 bits per heavy atom. The number of ether oxygens (including phenoxy) is 4. The Hall–Kier alpha value is -5.16. The number of rotatable bonds is 20. The third kappa shape index (κ3) is 10.3. The van der Waals surface area contributed by atoms with Gasteiger partial charge in [-0.1, -0.05) is 79.5 Å². The number of hydrogen-bond acceptors (Lipinski definition) is 9. The Labute approximate surface area is 373 Å². The smallest absolute Gasteiger partial charge is 0.239 e. The van der Waals surface area contributed by atoms with Crippen molar-refractivity contribution in [3.05, 3.63) is 120 Å². The van der Waals surface area contributed by atoms with Gasteiger partial charge in [-0.25, -0.2) is 0 Å². The maximum atomic E-state index is 15.0. The standard InChI is InChI=1S/C53H66N2O8/c1-7-26-55(49(58)31-36-16-15-20-40(30-36)59-6)48-35-46(54-63-52(3,4)5)44-33-39(19-11-13-27-56)43(21-12-14-28-57)50-45-34-42(61-41-23-22-37-17-9-10-18-38(37)32-41)24-25-47(45)62-53(48,51(44)50)60-29-8-2/h8-10,15-18,20,22-25,30,32-34,39,43,48,50-51,56-57H,2,7,11-14,19,21,26-29,31,35H2,1,3-6H3. The second-order valence-corrected chi connectivity index (χ2v) is 18.2. The molecule has 63 heavy (non-hydrogen) atoms. The Morgan fingerprint density at radius 1 is 0.921 bits per heavy atom. The molecule has 7 rings (SSSR count).